The average Bonchev–Trinajstić information content (AvgIpc) is 3.13. The van der Waals surface area contributed by atoms with Gasteiger partial charge in [-0.25, -0.2) is 9.97 Å². The van der Waals surface area contributed by atoms with Crippen LogP contribution in [0.25, 0.3) is 10.2 Å². The van der Waals surface area contributed by atoms with Gasteiger partial charge in [0.1, 0.15) is 23.0 Å². The number of likely N-dealkylation sites (N-methyl/N-ethyl adjacent to an activating group) is 1. The Morgan fingerprint density at radius 3 is 3.08 bits per heavy atom. The van der Waals surface area contributed by atoms with Gasteiger partial charge in [0.15, 0.2) is 0 Å². The highest BCUT2D eigenvalue weighted by Gasteiger charge is 2.36. The van der Waals surface area contributed by atoms with Crippen LogP contribution >= 0.6 is 11.3 Å². The molecule has 1 amide bonds. The lowest BCUT2D eigenvalue weighted by atomic mass is 10.1. The van der Waals surface area contributed by atoms with Gasteiger partial charge < -0.3 is 14.9 Å². The summed E-state index contributed by atoms with van der Waals surface area (Å²) in [5.41, 5.74) is 0. The van der Waals surface area contributed by atoms with Crippen LogP contribution in [0.5, 0.6) is 0 Å². The second kappa shape index (κ2) is 6.29. The van der Waals surface area contributed by atoms with Gasteiger partial charge in [0.25, 0.3) is 0 Å². The molecule has 1 saturated carbocycles. The third-order valence-electron chi connectivity index (χ3n) is 5.05. The molecule has 2 fully saturated rings. The van der Waals surface area contributed by atoms with Crippen molar-refractivity contribution in [3.8, 4) is 0 Å². The molecule has 128 valence electrons. The van der Waals surface area contributed by atoms with E-state index in [-0.39, 0.29) is 11.9 Å². The summed E-state index contributed by atoms with van der Waals surface area (Å²) in [7, 11) is 1.80. The first kappa shape index (κ1) is 15.8. The zero-order chi connectivity index (χ0) is 16.7. The van der Waals surface area contributed by atoms with Crippen molar-refractivity contribution >= 4 is 33.3 Å². The third-order valence-corrected chi connectivity index (χ3v) is 5.87. The number of hydrogen-bond acceptors (Lipinski definition) is 6. The Morgan fingerprint density at radius 2 is 2.29 bits per heavy atom. The van der Waals surface area contributed by atoms with E-state index in [2.05, 4.69) is 14.9 Å². The van der Waals surface area contributed by atoms with Crippen molar-refractivity contribution in [3.05, 3.63) is 17.8 Å². The van der Waals surface area contributed by atoms with Crippen LogP contribution in [0, 0.1) is 5.92 Å². The van der Waals surface area contributed by atoms with E-state index in [0.717, 1.165) is 48.3 Å². The molecule has 2 aromatic rings. The summed E-state index contributed by atoms with van der Waals surface area (Å²) < 4.78 is 0. The van der Waals surface area contributed by atoms with Crippen molar-refractivity contribution in [2.75, 3.05) is 25.0 Å². The Labute approximate surface area is 145 Å². The van der Waals surface area contributed by atoms with Gasteiger partial charge in [-0.05, 0) is 43.0 Å². The maximum atomic E-state index is 12.9. The fourth-order valence-corrected chi connectivity index (χ4v) is 4.27. The van der Waals surface area contributed by atoms with Crippen LogP contribution in [0.4, 0.5) is 5.82 Å². The molecule has 1 aliphatic heterocycles. The molecule has 1 aliphatic carbocycles. The van der Waals surface area contributed by atoms with Crippen molar-refractivity contribution in [1.82, 2.24) is 14.9 Å². The quantitative estimate of drug-likeness (QED) is 0.895. The molecule has 2 atom stereocenters. The summed E-state index contributed by atoms with van der Waals surface area (Å²) in [5.74, 6) is 1.31. The Hall–Kier alpha value is -1.73. The molecule has 0 bridgehead atoms. The maximum absolute atomic E-state index is 12.9. The summed E-state index contributed by atoms with van der Waals surface area (Å²) >= 11 is 1.59. The Balaban J connectivity index is 1.53. The first-order chi connectivity index (χ1) is 11.6. The van der Waals surface area contributed by atoms with Crippen molar-refractivity contribution in [2.24, 2.45) is 5.92 Å². The Bertz CT molecular complexity index is 745. The molecular formula is C17H22N4O2S. The second-order valence-corrected chi connectivity index (χ2v) is 7.71. The van der Waals surface area contributed by atoms with E-state index in [9.17, 15) is 9.90 Å². The number of rotatable bonds is 5. The van der Waals surface area contributed by atoms with Crippen molar-refractivity contribution < 1.29 is 9.90 Å². The van der Waals surface area contributed by atoms with E-state index < -0.39 is 6.10 Å². The van der Waals surface area contributed by atoms with Gasteiger partial charge >= 0.3 is 0 Å². The smallest absolute Gasteiger partial charge is 0.245 e. The number of thiophene rings is 1. The second-order valence-electron chi connectivity index (χ2n) is 6.81. The number of aliphatic hydroxyl groups is 1. The number of carbonyl (C=O) groups is 1. The normalized spacial score (nSPS) is 22.1. The monoisotopic (exact) mass is 346 g/mol. The lowest BCUT2D eigenvalue weighted by Crippen LogP contribution is -2.47. The number of aliphatic hydroxyl groups excluding tert-OH is 1. The van der Waals surface area contributed by atoms with E-state index in [1.54, 1.807) is 29.6 Å². The summed E-state index contributed by atoms with van der Waals surface area (Å²) in [6.07, 6.45) is 5.15. The van der Waals surface area contributed by atoms with Crippen molar-refractivity contribution in [2.45, 2.75) is 37.8 Å². The molecule has 24 heavy (non-hydrogen) atoms. The zero-order valence-corrected chi connectivity index (χ0v) is 14.6. The van der Waals surface area contributed by atoms with Gasteiger partial charge in [0.05, 0.1) is 11.5 Å². The van der Waals surface area contributed by atoms with Crippen molar-refractivity contribution in [3.63, 3.8) is 0 Å². The lowest BCUT2D eigenvalue weighted by Gasteiger charge is -2.30. The summed E-state index contributed by atoms with van der Waals surface area (Å²) in [6.45, 7) is 1.25. The van der Waals surface area contributed by atoms with Gasteiger partial charge in [0.2, 0.25) is 5.91 Å². The minimum Gasteiger partial charge on any atom is -0.391 e. The molecule has 7 heteroatoms. The number of carbonyl (C=O) groups excluding carboxylic acids is 1. The topological polar surface area (TPSA) is 69.6 Å². The highest BCUT2D eigenvalue weighted by molar-refractivity contribution is 7.16. The number of anilines is 1. The zero-order valence-electron chi connectivity index (χ0n) is 13.8. The van der Waals surface area contributed by atoms with Gasteiger partial charge in [-0.3, -0.25) is 4.79 Å². The lowest BCUT2D eigenvalue weighted by molar-refractivity contribution is -0.132. The number of nitrogens with zero attached hydrogens (tertiary/aromatic N) is 4. The van der Waals surface area contributed by atoms with Crippen LogP contribution < -0.4 is 4.90 Å². The van der Waals surface area contributed by atoms with E-state index in [1.165, 1.54) is 0 Å². The van der Waals surface area contributed by atoms with Gasteiger partial charge in [-0.1, -0.05) is 0 Å². The third kappa shape index (κ3) is 2.86. The maximum Gasteiger partial charge on any atom is 0.245 e. The fourth-order valence-electron chi connectivity index (χ4n) is 3.54. The van der Waals surface area contributed by atoms with Crippen LogP contribution in [0.15, 0.2) is 17.8 Å². The van der Waals surface area contributed by atoms with Gasteiger partial charge in [-0.15, -0.1) is 11.3 Å². The van der Waals surface area contributed by atoms with Gasteiger partial charge in [-0.2, -0.15) is 0 Å². The molecule has 0 unspecified atom stereocenters. The SMILES string of the molecule is CN(C[C@H](O)C1CC1)C(=O)[C@H]1CCCN1c1ncnc2sccc12. The van der Waals surface area contributed by atoms with E-state index >= 15 is 0 Å². The number of hydrogen-bond donors (Lipinski definition) is 1. The summed E-state index contributed by atoms with van der Waals surface area (Å²) in [4.78, 5) is 26.4. The first-order valence-electron chi connectivity index (χ1n) is 8.53. The van der Waals surface area contributed by atoms with Gasteiger partial charge in [0, 0.05) is 20.1 Å². The Morgan fingerprint density at radius 1 is 1.46 bits per heavy atom. The van der Waals surface area contributed by atoms with Crippen LogP contribution in [-0.2, 0) is 4.79 Å². The molecule has 0 aromatic carbocycles. The standard InChI is InChI=1S/C17H22N4O2S/c1-20(9-14(22)11-4-5-11)17(23)13-3-2-7-21(13)15-12-6-8-24-16(12)19-10-18-15/h6,8,10-11,13-14,22H,2-5,7,9H2,1H3/t13-,14+/m1/s1. The molecule has 4 rings (SSSR count). The molecule has 2 aromatic heterocycles. The minimum absolute atomic E-state index is 0.0780. The highest BCUT2D eigenvalue weighted by atomic mass is 32.1. The summed E-state index contributed by atoms with van der Waals surface area (Å²) in [6, 6.07) is 1.83. The largest absolute Gasteiger partial charge is 0.391 e. The molecule has 1 saturated heterocycles. The molecule has 2 aliphatic rings. The number of aromatic nitrogens is 2. The minimum atomic E-state index is -0.392. The number of fused-ring (bicyclic) bond motifs is 1. The Kier molecular flexibility index (Phi) is 4.14. The molecular weight excluding hydrogens is 324 g/mol. The molecule has 0 spiro atoms. The predicted molar refractivity (Wildman–Crippen MR) is 94.2 cm³/mol. The fraction of sp³-hybridized carbons (Fsp3) is 0.588. The number of amides is 1. The van der Waals surface area contributed by atoms with E-state index in [1.807, 2.05) is 11.4 Å². The van der Waals surface area contributed by atoms with Crippen LogP contribution in [0.2, 0.25) is 0 Å². The average molecular weight is 346 g/mol. The predicted octanol–water partition coefficient (Wildman–Crippen LogP) is 1.89. The molecule has 6 nitrogen and oxygen atoms in total. The van der Waals surface area contributed by atoms with E-state index in [0.29, 0.717) is 12.5 Å². The molecule has 1 N–H and O–H groups in total. The molecule has 0 radical (unpaired) electrons. The van der Waals surface area contributed by atoms with E-state index in [4.69, 9.17) is 0 Å². The first-order valence-corrected chi connectivity index (χ1v) is 9.41. The van der Waals surface area contributed by atoms with Crippen LogP contribution in [0.3, 0.4) is 0 Å². The van der Waals surface area contributed by atoms with Crippen LogP contribution in [0.1, 0.15) is 25.7 Å². The summed E-state index contributed by atoms with van der Waals surface area (Å²) in [5, 5.41) is 13.1. The molecule has 3 heterocycles. The van der Waals surface area contributed by atoms with Crippen LogP contribution in [-0.4, -0.2) is 58.2 Å². The highest BCUT2D eigenvalue weighted by Crippen LogP contribution is 2.34. The van der Waals surface area contributed by atoms with Crippen molar-refractivity contribution in [1.29, 1.82) is 0 Å².